The standard InChI is InChI=1S/C12H13N7O3/c1-18-8-3-2-7(6-13)17-9(8)10(15-4-5-16-14)11(12(18)20)19(21)22/h2-3,15-16H,4-5,14H2,1H3. The van der Waals surface area contributed by atoms with Gasteiger partial charge in [-0.2, -0.15) is 5.26 Å². The Morgan fingerprint density at radius 2 is 2.23 bits per heavy atom. The van der Waals surface area contributed by atoms with E-state index in [2.05, 4.69) is 15.7 Å². The fraction of sp³-hybridized carbons (Fsp3) is 0.250. The van der Waals surface area contributed by atoms with E-state index < -0.39 is 16.2 Å². The molecule has 4 N–H and O–H groups in total. The summed E-state index contributed by atoms with van der Waals surface area (Å²) in [5.41, 5.74) is 1.67. The van der Waals surface area contributed by atoms with E-state index in [0.29, 0.717) is 12.1 Å². The van der Waals surface area contributed by atoms with Crippen LogP contribution in [0.5, 0.6) is 0 Å². The molecule has 22 heavy (non-hydrogen) atoms. The molecule has 0 bridgehead atoms. The van der Waals surface area contributed by atoms with Crippen LogP contribution in [0.15, 0.2) is 16.9 Å². The fourth-order valence-electron chi connectivity index (χ4n) is 2.05. The zero-order valence-electron chi connectivity index (χ0n) is 11.7. The van der Waals surface area contributed by atoms with Crippen LogP contribution < -0.4 is 22.1 Å². The minimum absolute atomic E-state index is 0.0181. The van der Waals surface area contributed by atoms with Gasteiger partial charge in [-0.3, -0.25) is 26.2 Å². The second-order valence-corrected chi connectivity index (χ2v) is 4.40. The van der Waals surface area contributed by atoms with Crippen molar-refractivity contribution in [2.75, 3.05) is 18.4 Å². The molecule has 2 aromatic rings. The summed E-state index contributed by atoms with van der Waals surface area (Å²) in [4.78, 5) is 26.7. The van der Waals surface area contributed by atoms with Gasteiger partial charge < -0.3 is 9.88 Å². The SMILES string of the molecule is Cn1c(=O)c([N+](=O)[O-])c(NCCNN)c2nc(C#N)ccc21. The number of hydrazine groups is 1. The number of hydrogen-bond donors (Lipinski definition) is 3. The number of nitrogens with zero attached hydrogens (tertiary/aromatic N) is 4. The van der Waals surface area contributed by atoms with Crippen molar-refractivity contribution in [2.45, 2.75) is 0 Å². The van der Waals surface area contributed by atoms with E-state index >= 15 is 0 Å². The second kappa shape index (κ2) is 6.17. The van der Waals surface area contributed by atoms with Gasteiger partial charge in [0.05, 0.1) is 10.4 Å². The lowest BCUT2D eigenvalue weighted by molar-refractivity contribution is -0.385. The quantitative estimate of drug-likeness (QED) is 0.291. The average molecular weight is 303 g/mol. The highest BCUT2D eigenvalue weighted by Crippen LogP contribution is 2.28. The summed E-state index contributed by atoms with van der Waals surface area (Å²) in [5.74, 6) is 5.15. The van der Waals surface area contributed by atoms with E-state index in [1.54, 1.807) is 0 Å². The normalized spacial score (nSPS) is 10.4. The van der Waals surface area contributed by atoms with Crippen LogP contribution >= 0.6 is 0 Å². The lowest BCUT2D eigenvalue weighted by Gasteiger charge is -2.12. The largest absolute Gasteiger partial charge is 0.376 e. The molecule has 2 heterocycles. The number of anilines is 1. The van der Waals surface area contributed by atoms with Gasteiger partial charge >= 0.3 is 11.2 Å². The predicted octanol–water partition coefficient (Wildman–Crippen LogP) is -0.411. The van der Waals surface area contributed by atoms with Crippen LogP contribution in [-0.4, -0.2) is 27.6 Å². The topological polar surface area (TPSA) is 152 Å². The van der Waals surface area contributed by atoms with Crippen molar-refractivity contribution < 1.29 is 4.92 Å². The molecular formula is C12H13N7O3. The minimum atomic E-state index is -0.763. The Morgan fingerprint density at radius 3 is 2.82 bits per heavy atom. The number of pyridine rings is 2. The molecule has 0 aliphatic rings. The first-order valence-corrected chi connectivity index (χ1v) is 6.26. The van der Waals surface area contributed by atoms with Gasteiger partial charge in [-0.05, 0) is 12.1 Å². The van der Waals surface area contributed by atoms with Crippen molar-refractivity contribution >= 4 is 22.4 Å². The maximum atomic E-state index is 12.2. The molecule has 0 saturated heterocycles. The average Bonchev–Trinajstić information content (AvgIpc) is 2.51. The Bertz CT molecular complexity index is 837. The Hall–Kier alpha value is -3.03. The van der Waals surface area contributed by atoms with E-state index in [-0.39, 0.29) is 23.4 Å². The van der Waals surface area contributed by atoms with Gasteiger partial charge in [-0.1, -0.05) is 0 Å². The molecule has 10 heteroatoms. The summed E-state index contributed by atoms with van der Waals surface area (Å²) in [6, 6.07) is 4.84. The Kier molecular flexibility index (Phi) is 4.31. The first kappa shape index (κ1) is 15.4. The van der Waals surface area contributed by atoms with Crippen LogP contribution in [0.3, 0.4) is 0 Å². The predicted molar refractivity (Wildman–Crippen MR) is 79.0 cm³/mol. The van der Waals surface area contributed by atoms with Gasteiger partial charge in [0, 0.05) is 20.1 Å². The molecule has 0 aromatic carbocycles. The van der Waals surface area contributed by atoms with Crippen molar-refractivity contribution in [2.24, 2.45) is 12.9 Å². The van der Waals surface area contributed by atoms with Crippen LogP contribution in [0.4, 0.5) is 11.4 Å². The second-order valence-electron chi connectivity index (χ2n) is 4.40. The molecule has 114 valence electrons. The third-order valence-corrected chi connectivity index (χ3v) is 3.08. The molecule has 0 saturated carbocycles. The molecule has 0 amide bonds. The van der Waals surface area contributed by atoms with Crippen LogP contribution in [-0.2, 0) is 7.05 Å². The number of fused-ring (bicyclic) bond motifs is 1. The number of nitro groups is 1. The van der Waals surface area contributed by atoms with E-state index in [0.717, 1.165) is 4.57 Å². The monoisotopic (exact) mass is 303 g/mol. The van der Waals surface area contributed by atoms with Crippen LogP contribution in [0.25, 0.3) is 11.0 Å². The smallest absolute Gasteiger partial charge is 0.359 e. The summed E-state index contributed by atoms with van der Waals surface area (Å²) in [6.45, 7) is 0.573. The number of rotatable bonds is 5. The molecule has 10 nitrogen and oxygen atoms in total. The highest BCUT2D eigenvalue weighted by Gasteiger charge is 2.25. The highest BCUT2D eigenvalue weighted by molar-refractivity contribution is 5.93. The van der Waals surface area contributed by atoms with Gasteiger partial charge in [-0.15, -0.1) is 0 Å². The lowest BCUT2D eigenvalue weighted by Crippen LogP contribution is -2.29. The summed E-state index contributed by atoms with van der Waals surface area (Å²) < 4.78 is 1.13. The molecular weight excluding hydrogens is 290 g/mol. The minimum Gasteiger partial charge on any atom is -0.376 e. The molecule has 2 aromatic heterocycles. The Balaban J connectivity index is 2.81. The van der Waals surface area contributed by atoms with Crippen molar-refractivity contribution in [3.05, 3.63) is 38.3 Å². The molecule has 0 atom stereocenters. The van der Waals surface area contributed by atoms with Gasteiger partial charge in [-0.25, -0.2) is 4.98 Å². The highest BCUT2D eigenvalue weighted by atomic mass is 16.6. The van der Waals surface area contributed by atoms with Gasteiger partial charge in [0.1, 0.15) is 23.0 Å². The number of nitrogens with two attached hydrogens (primary N) is 1. The lowest BCUT2D eigenvalue weighted by atomic mass is 10.2. The van der Waals surface area contributed by atoms with Crippen LogP contribution in [0, 0.1) is 21.4 Å². The fourth-order valence-corrected chi connectivity index (χ4v) is 2.05. The molecule has 0 spiro atoms. The third kappa shape index (κ3) is 2.58. The number of hydrogen-bond acceptors (Lipinski definition) is 8. The third-order valence-electron chi connectivity index (χ3n) is 3.08. The summed E-state index contributed by atoms with van der Waals surface area (Å²) in [7, 11) is 1.41. The van der Waals surface area contributed by atoms with Crippen LogP contribution in [0.2, 0.25) is 0 Å². The van der Waals surface area contributed by atoms with Crippen LogP contribution in [0.1, 0.15) is 5.69 Å². The van der Waals surface area contributed by atoms with Crippen molar-refractivity contribution in [3.63, 3.8) is 0 Å². The van der Waals surface area contributed by atoms with E-state index in [4.69, 9.17) is 11.1 Å². The molecule has 0 aliphatic heterocycles. The molecule has 0 radical (unpaired) electrons. The van der Waals surface area contributed by atoms with Crippen molar-refractivity contribution in [3.8, 4) is 6.07 Å². The van der Waals surface area contributed by atoms with Gasteiger partial charge in [0.2, 0.25) is 0 Å². The molecule has 2 rings (SSSR count). The Morgan fingerprint density at radius 1 is 1.50 bits per heavy atom. The van der Waals surface area contributed by atoms with Crippen molar-refractivity contribution in [1.29, 1.82) is 5.26 Å². The van der Waals surface area contributed by atoms with Gasteiger partial charge in [0.15, 0.2) is 0 Å². The molecule has 0 fully saturated rings. The maximum absolute atomic E-state index is 12.2. The van der Waals surface area contributed by atoms with E-state index in [9.17, 15) is 14.9 Å². The van der Waals surface area contributed by atoms with Gasteiger partial charge in [0.25, 0.3) is 0 Å². The first-order chi connectivity index (χ1) is 10.5. The number of nitriles is 1. The summed E-state index contributed by atoms with van der Waals surface area (Å²) in [6.07, 6.45) is 0. The molecule has 0 unspecified atom stereocenters. The number of aryl methyl sites for hydroxylation is 1. The van der Waals surface area contributed by atoms with E-state index in [1.165, 1.54) is 19.2 Å². The zero-order valence-corrected chi connectivity index (χ0v) is 11.7. The summed E-state index contributed by atoms with van der Waals surface area (Å²) in [5, 5.41) is 23.0. The van der Waals surface area contributed by atoms with E-state index in [1.807, 2.05) is 6.07 Å². The Labute approximate surface area is 124 Å². The maximum Gasteiger partial charge on any atom is 0.359 e. The van der Waals surface area contributed by atoms with Crippen molar-refractivity contribution in [1.82, 2.24) is 15.0 Å². The zero-order chi connectivity index (χ0) is 16.3. The first-order valence-electron chi connectivity index (χ1n) is 6.26. The number of aromatic nitrogens is 2. The molecule has 0 aliphatic carbocycles. The summed E-state index contributed by atoms with van der Waals surface area (Å²) >= 11 is 0. The number of nitrogens with one attached hydrogen (secondary N) is 2.